The summed E-state index contributed by atoms with van der Waals surface area (Å²) in [6.07, 6.45) is 18.0. The number of hydrogen-bond donors (Lipinski definition) is 1. The van der Waals surface area contributed by atoms with Crippen LogP contribution in [0.3, 0.4) is 0 Å². The Kier molecular flexibility index (Phi) is 6.99. The van der Waals surface area contributed by atoms with Crippen molar-refractivity contribution < 1.29 is 0 Å². The van der Waals surface area contributed by atoms with Crippen molar-refractivity contribution in [3.8, 4) is 0 Å². The van der Waals surface area contributed by atoms with Gasteiger partial charge in [0.2, 0.25) is 0 Å². The molecule has 0 aromatic heterocycles. The van der Waals surface area contributed by atoms with Gasteiger partial charge in [0, 0.05) is 10.0 Å². The van der Waals surface area contributed by atoms with E-state index in [0.717, 1.165) is 59.0 Å². The fourth-order valence-corrected chi connectivity index (χ4v) is 8.60. The fraction of sp³-hybridized carbons (Fsp3) is 0.778. The van der Waals surface area contributed by atoms with Crippen LogP contribution in [-0.2, 0) is 6.42 Å². The topological polar surface area (TPSA) is 12.0 Å². The predicted octanol–water partition coefficient (Wildman–Crippen LogP) is 8.03. The average molecular weight is 449 g/mol. The summed E-state index contributed by atoms with van der Waals surface area (Å²) in [5.74, 6) is 5.23. The first-order chi connectivity index (χ1) is 14.7. The first-order valence-electron chi connectivity index (χ1n) is 12.9. The van der Waals surface area contributed by atoms with Crippen LogP contribution in [-0.4, -0.2) is 13.1 Å². The van der Waals surface area contributed by atoms with E-state index in [1.54, 1.807) is 0 Å². The molecule has 1 aromatic rings. The molecule has 4 bridgehead atoms. The normalized spacial score (nSPS) is 33.3. The summed E-state index contributed by atoms with van der Waals surface area (Å²) in [7, 11) is 0. The molecule has 6 rings (SSSR count). The van der Waals surface area contributed by atoms with Crippen LogP contribution in [0.5, 0.6) is 0 Å². The molecule has 0 amide bonds. The highest BCUT2D eigenvalue weighted by molar-refractivity contribution is 6.36. The second kappa shape index (κ2) is 9.72. The van der Waals surface area contributed by atoms with Gasteiger partial charge in [-0.2, -0.15) is 0 Å². The Labute approximate surface area is 193 Å². The maximum Gasteiger partial charge on any atom is 0.0458 e. The molecule has 5 aliphatic rings. The van der Waals surface area contributed by atoms with Gasteiger partial charge in [-0.15, -0.1) is 0 Å². The molecule has 5 aliphatic carbocycles. The van der Waals surface area contributed by atoms with Gasteiger partial charge >= 0.3 is 0 Å². The third-order valence-electron chi connectivity index (χ3n) is 8.97. The predicted molar refractivity (Wildman–Crippen MR) is 129 cm³/mol. The highest BCUT2D eigenvalue weighted by Gasteiger charge is 2.49. The van der Waals surface area contributed by atoms with Gasteiger partial charge in [0.05, 0.1) is 0 Å². The van der Waals surface area contributed by atoms with Crippen LogP contribution in [0.2, 0.25) is 10.0 Å². The lowest BCUT2D eigenvalue weighted by Gasteiger charge is -2.55. The minimum Gasteiger partial charge on any atom is -0.317 e. The molecule has 1 N–H and O–H groups in total. The molecule has 166 valence electrons. The third-order valence-corrected chi connectivity index (χ3v) is 9.60. The molecular formula is C27H39Cl2N. The van der Waals surface area contributed by atoms with Gasteiger partial charge in [-0.1, -0.05) is 55.3 Å². The second-order valence-corrected chi connectivity index (χ2v) is 11.9. The smallest absolute Gasteiger partial charge is 0.0458 e. The highest BCUT2D eigenvalue weighted by Crippen LogP contribution is 2.61. The van der Waals surface area contributed by atoms with Gasteiger partial charge in [0.15, 0.2) is 0 Å². The summed E-state index contributed by atoms with van der Waals surface area (Å²) in [5, 5.41) is 5.55. The number of rotatable bonds is 8. The minimum absolute atomic E-state index is 0.619. The Morgan fingerprint density at radius 1 is 0.800 bits per heavy atom. The first-order valence-corrected chi connectivity index (χ1v) is 13.6. The Morgan fingerprint density at radius 2 is 1.43 bits per heavy atom. The minimum atomic E-state index is 0.619. The summed E-state index contributed by atoms with van der Waals surface area (Å²) in [6.45, 7) is 2.27. The zero-order chi connectivity index (χ0) is 20.5. The average Bonchev–Trinajstić information content (AvgIpc) is 2.72. The molecule has 3 heteroatoms. The first kappa shape index (κ1) is 21.6. The zero-order valence-corrected chi connectivity index (χ0v) is 20.0. The van der Waals surface area contributed by atoms with Crippen LogP contribution in [0.25, 0.3) is 0 Å². The van der Waals surface area contributed by atoms with Crippen molar-refractivity contribution in [3.05, 3.63) is 33.3 Å². The number of nitrogens with one attached hydrogen (secondary N) is 1. The van der Waals surface area contributed by atoms with Crippen molar-refractivity contribution in [3.63, 3.8) is 0 Å². The van der Waals surface area contributed by atoms with Gasteiger partial charge in [-0.3, -0.25) is 0 Å². The van der Waals surface area contributed by atoms with Crippen LogP contribution in [0.15, 0.2) is 12.1 Å². The maximum absolute atomic E-state index is 6.88. The number of benzene rings is 1. The zero-order valence-electron chi connectivity index (χ0n) is 18.5. The molecule has 30 heavy (non-hydrogen) atoms. The van der Waals surface area contributed by atoms with Crippen molar-refractivity contribution in [2.75, 3.05) is 13.1 Å². The van der Waals surface area contributed by atoms with E-state index in [-0.39, 0.29) is 0 Å². The van der Waals surface area contributed by atoms with E-state index in [1.165, 1.54) is 88.3 Å². The van der Waals surface area contributed by atoms with Crippen molar-refractivity contribution >= 4 is 23.2 Å². The molecule has 0 aliphatic heterocycles. The van der Waals surface area contributed by atoms with Crippen molar-refractivity contribution in [1.82, 2.24) is 5.32 Å². The number of aryl methyl sites for hydroxylation is 1. The van der Waals surface area contributed by atoms with Crippen LogP contribution >= 0.6 is 23.2 Å². The Morgan fingerprint density at radius 3 is 2.07 bits per heavy atom. The monoisotopic (exact) mass is 447 g/mol. The van der Waals surface area contributed by atoms with Crippen LogP contribution in [0.1, 0.15) is 94.1 Å². The Balaban J connectivity index is 1.12. The van der Waals surface area contributed by atoms with Crippen molar-refractivity contribution in [1.29, 1.82) is 0 Å². The van der Waals surface area contributed by atoms with E-state index < -0.39 is 0 Å². The molecule has 0 spiro atoms. The third kappa shape index (κ3) is 4.74. The molecule has 5 fully saturated rings. The highest BCUT2D eigenvalue weighted by atomic mass is 35.5. The van der Waals surface area contributed by atoms with E-state index in [1.807, 2.05) is 0 Å². The summed E-state index contributed by atoms with van der Waals surface area (Å²) >= 11 is 13.8. The molecule has 0 unspecified atom stereocenters. The summed E-state index contributed by atoms with van der Waals surface area (Å²) in [4.78, 5) is 0. The van der Waals surface area contributed by atoms with Crippen molar-refractivity contribution in [2.24, 2.45) is 29.6 Å². The Hall–Kier alpha value is -0.240. The van der Waals surface area contributed by atoms with Gasteiger partial charge in [0.1, 0.15) is 0 Å². The largest absolute Gasteiger partial charge is 0.317 e. The van der Waals surface area contributed by atoms with E-state index >= 15 is 0 Å². The molecule has 5 saturated carbocycles. The van der Waals surface area contributed by atoms with E-state index in [9.17, 15) is 0 Å². The van der Waals surface area contributed by atoms with E-state index in [4.69, 9.17) is 23.2 Å². The standard InChI is InChI=1S/C27H39Cl2N/c28-24-16-19(7-4-9-30-10-8-18-5-2-1-3-6-18)17-25(29)27(24)26-22-12-20-11-21(14-22)15-23(26)13-20/h16-18,20-23,26,30H,1-15H2. The summed E-state index contributed by atoms with van der Waals surface area (Å²) in [6, 6.07) is 4.46. The van der Waals surface area contributed by atoms with Crippen LogP contribution < -0.4 is 5.32 Å². The fourth-order valence-electron chi connectivity index (χ4n) is 7.82. The lowest BCUT2D eigenvalue weighted by Crippen LogP contribution is -2.43. The van der Waals surface area contributed by atoms with Crippen LogP contribution in [0, 0.1) is 29.6 Å². The molecular weight excluding hydrogens is 409 g/mol. The second-order valence-electron chi connectivity index (χ2n) is 11.1. The van der Waals surface area contributed by atoms with Crippen LogP contribution in [0.4, 0.5) is 0 Å². The molecule has 1 nitrogen and oxygen atoms in total. The molecule has 0 saturated heterocycles. The molecule has 1 aromatic carbocycles. The van der Waals surface area contributed by atoms with Gasteiger partial charge in [0.25, 0.3) is 0 Å². The van der Waals surface area contributed by atoms with E-state index in [0.29, 0.717) is 5.92 Å². The Bertz CT molecular complexity index is 673. The summed E-state index contributed by atoms with van der Waals surface area (Å²) in [5.41, 5.74) is 2.60. The molecule has 0 heterocycles. The molecule has 0 radical (unpaired) electrons. The number of halogens is 2. The quantitative estimate of drug-likeness (QED) is 0.397. The number of hydrogen-bond acceptors (Lipinski definition) is 1. The van der Waals surface area contributed by atoms with E-state index in [2.05, 4.69) is 17.4 Å². The SMILES string of the molecule is Clc1cc(CCCNCCC2CCCCC2)cc(Cl)c1C1C2CC3CC(C2)CC1C3. The molecule has 0 atom stereocenters. The lowest BCUT2D eigenvalue weighted by atomic mass is 9.50. The van der Waals surface area contributed by atoms with Gasteiger partial charge in [-0.25, -0.2) is 0 Å². The lowest BCUT2D eigenvalue weighted by molar-refractivity contribution is -0.00272. The van der Waals surface area contributed by atoms with Gasteiger partial charge < -0.3 is 5.32 Å². The summed E-state index contributed by atoms with van der Waals surface area (Å²) < 4.78 is 0. The van der Waals surface area contributed by atoms with Crippen molar-refractivity contribution in [2.45, 2.75) is 89.4 Å². The van der Waals surface area contributed by atoms with Gasteiger partial charge in [-0.05, 0) is 123 Å². The maximum atomic E-state index is 6.88.